The Hall–Kier alpha value is -1.35. The quantitative estimate of drug-likeness (QED) is 0.895. The molecule has 1 aromatic rings. The number of hydrogen-bond donors (Lipinski definition) is 1. The molecule has 110 valence electrons. The number of carbonyl (C=O) groups excluding carboxylic acids is 1. The average Bonchev–Trinajstić information content (AvgIpc) is 2.88. The van der Waals surface area contributed by atoms with Gasteiger partial charge in [-0.05, 0) is 49.9 Å². The lowest BCUT2D eigenvalue weighted by Crippen LogP contribution is -2.31. The molecular formula is C17H26N2O. The van der Waals surface area contributed by atoms with Gasteiger partial charge in [0.15, 0.2) is 0 Å². The van der Waals surface area contributed by atoms with E-state index in [9.17, 15) is 4.79 Å². The van der Waals surface area contributed by atoms with Crippen LogP contribution in [0, 0.1) is 12.8 Å². The van der Waals surface area contributed by atoms with E-state index in [1.165, 1.54) is 11.1 Å². The molecule has 3 heteroatoms. The Kier molecular flexibility index (Phi) is 5.18. The molecule has 1 aliphatic rings. The first-order valence-electron chi connectivity index (χ1n) is 7.59. The van der Waals surface area contributed by atoms with Crippen molar-refractivity contribution in [3.8, 4) is 0 Å². The molecule has 2 unspecified atom stereocenters. The van der Waals surface area contributed by atoms with Crippen molar-refractivity contribution < 1.29 is 4.79 Å². The van der Waals surface area contributed by atoms with Crippen molar-refractivity contribution in [2.45, 2.75) is 32.6 Å². The number of hydrogen-bond acceptors (Lipinski definition) is 2. The van der Waals surface area contributed by atoms with Crippen molar-refractivity contribution in [1.29, 1.82) is 0 Å². The lowest BCUT2D eigenvalue weighted by atomic mass is 9.93. The minimum Gasteiger partial charge on any atom is -0.342 e. The van der Waals surface area contributed by atoms with Crippen LogP contribution in [-0.2, 0) is 4.79 Å². The van der Waals surface area contributed by atoms with Crippen LogP contribution in [0.25, 0.3) is 0 Å². The summed E-state index contributed by atoms with van der Waals surface area (Å²) >= 11 is 0. The maximum Gasteiger partial charge on any atom is 0.223 e. The molecule has 1 fully saturated rings. The van der Waals surface area contributed by atoms with Crippen molar-refractivity contribution in [1.82, 2.24) is 10.2 Å². The van der Waals surface area contributed by atoms with Gasteiger partial charge in [0.25, 0.3) is 0 Å². The molecule has 0 spiro atoms. The highest BCUT2D eigenvalue weighted by atomic mass is 16.2. The van der Waals surface area contributed by atoms with E-state index in [0.717, 1.165) is 26.1 Å². The molecule has 3 nitrogen and oxygen atoms in total. The fourth-order valence-electron chi connectivity index (χ4n) is 3.16. The highest BCUT2D eigenvalue weighted by Gasteiger charge is 2.26. The van der Waals surface area contributed by atoms with E-state index >= 15 is 0 Å². The zero-order valence-electron chi connectivity index (χ0n) is 12.9. The first kappa shape index (κ1) is 15.0. The minimum absolute atomic E-state index is 0.298. The number of aryl methyl sites for hydroxylation is 1. The van der Waals surface area contributed by atoms with Crippen LogP contribution in [0.2, 0.25) is 0 Å². The van der Waals surface area contributed by atoms with E-state index in [4.69, 9.17) is 0 Å². The van der Waals surface area contributed by atoms with Gasteiger partial charge in [0.05, 0.1) is 0 Å². The number of amides is 1. The smallest absolute Gasteiger partial charge is 0.223 e. The third-order valence-electron chi connectivity index (χ3n) is 4.33. The molecule has 20 heavy (non-hydrogen) atoms. The van der Waals surface area contributed by atoms with E-state index < -0.39 is 0 Å². The Morgan fingerprint density at radius 3 is 2.90 bits per heavy atom. The van der Waals surface area contributed by atoms with Crippen LogP contribution >= 0.6 is 0 Å². The summed E-state index contributed by atoms with van der Waals surface area (Å²) in [5.41, 5.74) is 2.58. The normalized spacial score (nSPS) is 20.1. The van der Waals surface area contributed by atoms with Crippen molar-refractivity contribution in [3.05, 3.63) is 35.4 Å². The molecule has 1 heterocycles. The Balaban J connectivity index is 1.90. The zero-order valence-corrected chi connectivity index (χ0v) is 12.9. The number of benzene rings is 1. The van der Waals surface area contributed by atoms with Gasteiger partial charge in [-0.1, -0.05) is 31.2 Å². The second-order valence-electron chi connectivity index (χ2n) is 6.01. The third-order valence-corrected chi connectivity index (χ3v) is 4.33. The molecule has 0 radical (unpaired) electrons. The molecule has 2 atom stereocenters. The first-order chi connectivity index (χ1) is 9.61. The largest absolute Gasteiger partial charge is 0.342 e. The molecule has 1 aromatic carbocycles. The molecule has 1 saturated heterocycles. The van der Waals surface area contributed by atoms with Crippen LogP contribution < -0.4 is 5.32 Å². The maximum absolute atomic E-state index is 12.4. The SMILES string of the molecule is CNCC1CCN(C(=O)CC(C)c2ccccc2C)C1. The van der Waals surface area contributed by atoms with E-state index in [1.807, 2.05) is 11.9 Å². The van der Waals surface area contributed by atoms with Gasteiger partial charge in [-0.2, -0.15) is 0 Å². The minimum atomic E-state index is 0.298. The van der Waals surface area contributed by atoms with Crippen molar-refractivity contribution in [2.24, 2.45) is 5.92 Å². The predicted molar refractivity (Wildman–Crippen MR) is 82.8 cm³/mol. The second kappa shape index (κ2) is 6.89. The van der Waals surface area contributed by atoms with Gasteiger partial charge >= 0.3 is 0 Å². The summed E-state index contributed by atoms with van der Waals surface area (Å²) in [4.78, 5) is 14.4. The Bertz CT molecular complexity index is 458. The summed E-state index contributed by atoms with van der Waals surface area (Å²) in [5, 5.41) is 3.21. The topological polar surface area (TPSA) is 32.3 Å². The lowest BCUT2D eigenvalue weighted by molar-refractivity contribution is -0.130. The number of nitrogens with zero attached hydrogens (tertiary/aromatic N) is 1. The van der Waals surface area contributed by atoms with Crippen LogP contribution in [0.15, 0.2) is 24.3 Å². The summed E-state index contributed by atoms with van der Waals surface area (Å²) < 4.78 is 0. The number of carbonyl (C=O) groups is 1. The Morgan fingerprint density at radius 2 is 2.20 bits per heavy atom. The van der Waals surface area contributed by atoms with Crippen molar-refractivity contribution in [3.63, 3.8) is 0 Å². The van der Waals surface area contributed by atoms with Crippen LogP contribution in [0.3, 0.4) is 0 Å². The van der Waals surface area contributed by atoms with Gasteiger partial charge < -0.3 is 10.2 Å². The van der Waals surface area contributed by atoms with Gasteiger partial charge in [0, 0.05) is 19.5 Å². The van der Waals surface area contributed by atoms with Crippen molar-refractivity contribution in [2.75, 3.05) is 26.7 Å². The van der Waals surface area contributed by atoms with Gasteiger partial charge in [-0.15, -0.1) is 0 Å². The summed E-state index contributed by atoms with van der Waals surface area (Å²) in [6, 6.07) is 8.37. The summed E-state index contributed by atoms with van der Waals surface area (Å²) in [6.45, 7) is 7.12. The van der Waals surface area contributed by atoms with Crippen LogP contribution in [0.1, 0.15) is 36.8 Å². The summed E-state index contributed by atoms with van der Waals surface area (Å²) in [5.74, 6) is 1.23. The van der Waals surface area contributed by atoms with Crippen molar-refractivity contribution >= 4 is 5.91 Å². The van der Waals surface area contributed by atoms with Gasteiger partial charge in [-0.3, -0.25) is 4.79 Å². The fourth-order valence-corrected chi connectivity index (χ4v) is 3.16. The van der Waals surface area contributed by atoms with Gasteiger partial charge in [-0.25, -0.2) is 0 Å². The fraction of sp³-hybridized carbons (Fsp3) is 0.588. The third kappa shape index (κ3) is 3.60. The van der Waals surface area contributed by atoms with E-state index in [0.29, 0.717) is 24.2 Å². The molecular weight excluding hydrogens is 248 g/mol. The Morgan fingerprint density at radius 1 is 1.45 bits per heavy atom. The molecule has 0 bridgehead atoms. The molecule has 1 aliphatic heterocycles. The molecule has 0 saturated carbocycles. The maximum atomic E-state index is 12.4. The molecule has 0 aromatic heterocycles. The molecule has 2 rings (SSSR count). The number of likely N-dealkylation sites (tertiary alicyclic amines) is 1. The highest BCUT2D eigenvalue weighted by Crippen LogP contribution is 2.25. The monoisotopic (exact) mass is 274 g/mol. The standard InChI is InChI=1S/C17H26N2O/c1-13-6-4-5-7-16(13)14(2)10-17(20)19-9-8-15(12-19)11-18-3/h4-7,14-15,18H,8-12H2,1-3H3. The highest BCUT2D eigenvalue weighted by molar-refractivity contribution is 5.77. The van der Waals surface area contributed by atoms with Crippen LogP contribution in [0.5, 0.6) is 0 Å². The van der Waals surface area contributed by atoms with E-state index in [-0.39, 0.29) is 0 Å². The summed E-state index contributed by atoms with van der Waals surface area (Å²) in [7, 11) is 1.98. The molecule has 1 N–H and O–H groups in total. The number of nitrogens with one attached hydrogen (secondary N) is 1. The molecule has 1 amide bonds. The summed E-state index contributed by atoms with van der Waals surface area (Å²) in [6.07, 6.45) is 1.75. The van der Waals surface area contributed by atoms with E-state index in [1.54, 1.807) is 0 Å². The Labute approximate surface area is 122 Å². The van der Waals surface area contributed by atoms with Gasteiger partial charge in [0.1, 0.15) is 0 Å². The lowest BCUT2D eigenvalue weighted by Gasteiger charge is -2.20. The second-order valence-corrected chi connectivity index (χ2v) is 6.01. The molecule has 0 aliphatic carbocycles. The predicted octanol–water partition coefficient (Wildman–Crippen LogP) is 2.56. The number of rotatable bonds is 5. The average molecular weight is 274 g/mol. The van der Waals surface area contributed by atoms with Crippen LogP contribution in [-0.4, -0.2) is 37.5 Å². The van der Waals surface area contributed by atoms with E-state index in [2.05, 4.69) is 43.4 Å². The first-order valence-corrected chi connectivity index (χ1v) is 7.59. The van der Waals surface area contributed by atoms with Crippen LogP contribution in [0.4, 0.5) is 0 Å². The van der Waals surface area contributed by atoms with Gasteiger partial charge in [0.2, 0.25) is 5.91 Å². The zero-order chi connectivity index (χ0) is 14.5.